The number of halogens is 1. The van der Waals surface area contributed by atoms with Gasteiger partial charge in [0.1, 0.15) is 10.7 Å². The summed E-state index contributed by atoms with van der Waals surface area (Å²) in [7, 11) is -3.95. The number of sulfonamides is 1. The molecule has 10 heteroatoms. The molecule has 1 aliphatic heterocycles. The van der Waals surface area contributed by atoms with Crippen LogP contribution in [0.3, 0.4) is 0 Å². The van der Waals surface area contributed by atoms with Gasteiger partial charge in [-0.15, -0.1) is 0 Å². The van der Waals surface area contributed by atoms with Gasteiger partial charge in [0.05, 0.1) is 0 Å². The van der Waals surface area contributed by atoms with Crippen LogP contribution >= 0.6 is 0 Å². The van der Waals surface area contributed by atoms with Crippen LogP contribution in [0.5, 0.6) is 0 Å². The van der Waals surface area contributed by atoms with Crippen molar-refractivity contribution in [2.24, 2.45) is 0 Å². The van der Waals surface area contributed by atoms with E-state index < -0.39 is 15.8 Å². The zero-order chi connectivity index (χ0) is 24.0. The first kappa shape index (κ1) is 24.7. The minimum absolute atomic E-state index is 0.0289. The molecule has 0 radical (unpaired) electrons. The number of nitrogens with zero attached hydrogens (tertiary/aromatic N) is 3. The van der Waals surface area contributed by atoms with E-state index in [0.29, 0.717) is 18.7 Å². The summed E-state index contributed by atoms with van der Waals surface area (Å²) in [4.78, 5) is 27.8. The van der Waals surface area contributed by atoms with Gasteiger partial charge in [-0.25, -0.2) is 17.6 Å². The third-order valence-electron chi connectivity index (χ3n) is 5.68. The molecule has 1 aliphatic rings. The first-order valence-corrected chi connectivity index (χ1v) is 12.4. The van der Waals surface area contributed by atoms with E-state index >= 15 is 0 Å². The monoisotopic (exact) mass is 476 g/mol. The molecule has 0 unspecified atom stereocenters. The Morgan fingerprint density at radius 1 is 0.970 bits per heavy atom. The summed E-state index contributed by atoms with van der Waals surface area (Å²) in [5.74, 6) is -0.818. The Morgan fingerprint density at radius 3 is 2.15 bits per heavy atom. The van der Waals surface area contributed by atoms with Gasteiger partial charge in [-0.3, -0.25) is 4.79 Å². The Bertz CT molecular complexity index is 1080. The van der Waals surface area contributed by atoms with E-state index in [0.717, 1.165) is 11.6 Å². The van der Waals surface area contributed by atoms with Gasteiger partial charge in [-0.05, 0) is 43.7 Å². The lowest BCUT2D eigenvalue weighted by Crippen LogP contribution is -2.53. The second-order valence-electron chi connectivity index (χ2n) is 7.65. The first-order chi connectivity index (χ1) is 15.8. The Labute approximate surface area is 194 Å². The van der Waals surface area contributed by atoms with Crippen LogP contribution in [-0.2, 0) is 16.6 Å². The minimum atomic E-state index is -3.95. The Balaban J connectivity index is 1.52. The highest BCUT2D eigenvalue weighted by atomic mass is 32.2. The zero-order valence-electron chi connectivity index (χ0n) is 18.8. The molecule has 0 aromatic heterocycles. The van der Waals surface area contributed by atoms with E-state index in [1.807, 2.05) is 13.8 Å². The highest BCUT2D eigenvalue weighted by Gasteiger charge is 2.31. The molecule has 3 amide bonds. The maximum absolute atomic E-state index is 14.0. The highest BCUT2D eigenvalue weighted by Crippen LogP contribution is 2.20. The van der Waals surface area contributed by atoms with Gasteiger partial charge >= 0.3 is 6.03 Å². The van der Waals surface area contributed by atoms with Gasteiger partial charge in [-0.1, -0.05) is 24.3 Å². The van der Waals surface area contributed by atoms with E-state index in [2.05, 4.69) is 5.32 Å². The van der Waals surface area contributed by atoms with Gasteiger partial charge in [0.2, 0.25) is 10.0 Å². The molecule has 0 spiro atoms. The maximum Gasteiger partial charge on any atom is 0.317 e. The van der Waals surface area contributed by atoms with E-state index in [4.69, 9.17) is 0 Å². The van der Waals surface area contributed by atoms with Gasteiger partial charge in [0.15, 0.2) is 0 Å². The molecule has 0 atom stereocenters. The molecular formula is C23H29FN4O4S. The molecule has 8 nitrogen and oxygen atoms in total. The summed E-state index contributed by atoms with van der Waals surface area (Å²) in [6, 6.07) is 12.1. The van der Waals surface area contributed by atoms with Crippen molar-refractivity contribution in [3.8, 4) is 0 Å². The fourth-order valence-electron chi connectivity index (χ4n) is 3.67. The lowest BCUT2D eigenvalue weighted by molar-refractivity contribution is 0.0773. The third kappa shape index (κ3) is 5.69. The molecule has 1 heterocycles. The predicted molar refractivity (Wildman–Crippen MR) is 123 cm³/mol. The average Bonchev–Trinajstić information content (AvgIpc) is 2.83. The van der Waals surface area contributed by atoms with Gasteiger partial charge in [0.25, 0.3) is 5.91 Å². The van der Waals surface area contributed by atoms with Crippen LogP contribution < -0.4 is 5.32 Å². The number of hydrogen-bond donors (Lipinski definition) is 1. The molecule has 1 N–H and O–H groups in total. The molecule has 0 bridgehead atoms. The van der Waals surface area contributed by atoms with Crippen LogP contribution in [0.15, 0.2) is 53.4 Å². The normalized spacial score (nSPS) is 14.7. The van der Waals surface area contributed by atoms with E-state index in [1.54, 1.807) is 29.2 Å². The Kier molecular flexibility index (Phi) is 8.04. The van der Waals surface area contributed by atoms with Crippen molar-refractivity contribution in [2.75, 3.05) is 39.3 Å². The second kappa shape index (κ2) is 10.8. The van der Waals surface area contributed by atoms with E-state index in [1.165, 1.54) is 27.4 Å². The van der Waals surface area contributed by atoms with Crippen molar-refractivity contribution in [3.05, 3.63) is 65.5 Å². The van der Waals surface area contributed by atoms with Crippen molar-refractivity contribution in [2.45, 2.75) is 25.3 Å². The number of amides is 3. The lowest BCUT2D eigenvalue weighted by Gasteiger charge is -2.34. The molecule has 1 saturated heterocycles. The fraction of sp³-hybridized carbons (Fsp3) is 0.391. The summed E-state index contributed by atoms with van der Waals surface area (Å²) in [6.07, 6.45) is 0. The topological polar surface area (TPSA) is 90.0 Å². The summed E-state index contributed by atoms with van der Waals surface area (Å²) in [5.41, 5.74) is 1.45. The number of hydrogen-bond acceptors (Lipinski definition) is 4. The quantitative estimate of drug-likeness (QED) is 0.665. The standard InChI is InChI=1S/C23H29FN4O4S/c1-3-26(4-2)22(29)19-11-9-18(10-12-19)17-25-23(30)27-13-15-28(16-14-27)33(31,32)21-8-6-5-7-20(21)24/h5-12H,3-4,13-17H2,1-2H3,(H,25,30). The van der Waals surface area contributed by atoms with Crippen molar-refractivity contribution in [3.63, 3.8) is 0 Å². The summed E-state index contributed by atoms with van der Waals surface area (Å²) < 4.78 is 40.5. The van der Waals surface area contributed by atoms with Gasteiger partial charge in [-0.2, -0.15) is 4.31 Å². The van der Waals surface area contributed by atoms with Crippen molar-refractivity contribution in [1.29, 1.82) is 0 Å². The molecule has 1 fully saturated rings. The predicted octanol–water partition coefficient (Wildman–Crippen LogP) is 2.52. The van der Waals surface area contributed by atoms with Crippen molar-refractivity contribution >= 4 is 22.0 Å². The zero-order valence-corrected chi connectivity index (χ0v) is 19.6. The average molecular weight is 477 g/mol. The summed E-state index contributed by atoms with van der Waals surface area (Å²) >= 11 is 0. The molecule has 2 aromatic carbocycles. The second-order valence-corrected chi connectivity index (χ2v) is 9.56. The third-order valence-corrected chi connectivity index (χ3v) is 7.61. The largest absolute Gasteiger partial charge is 0.339 e. The number of rotatable bonds is 7. The lowest BCUT2D eigenvalue weighted by atomic mass is 10.1. The van der Waals surface area contributed by atoms with Crippen LogP contribution in [0.4, 0.5) is 9.18 Å². The molecule has 0 saturated carbocycles. The Morgan fingerprint density at radius 2 is 1.58 bits per heavy atom. The number of benzene rings is 2. The maximum atomic E-state index is 14.0. The Hall–Kier alpha value is -2.98. The molecule has 178 valence electrons. The van der Waals surface area contributed by atoms with Crippen LogP contribution in [0.2, 0.25) is 0 Å². The number of carbonyl (C=O) groups is 2. The van der Waals surface area contributed by atoms with Crippen LogP contribution in [0.25, 0.3) is 0 Å². The van der Waals surface area contributed by atoms with Gasteiger partial charge < -0.3 is 15.1 Å². The number of piperazine rings is 1. The number of carbonyl (C=O) groups excluding carboxylic acids is 2. The molecule has 2 aromatic rings. The smallest absolute Gasteiger partial charge is 0.317 e. The van der Waals surface area contributed by atoms with E-state index in [9.17, 15) is 22.4 Å². The molecule has 33 heavy (non-hydrogen) atoms. The number of urea groups is 1. The van der Waals surface area contributed by atoms with E-state index in [-0.39, 0.29) is 49.6 Å². The van der Waals surface area contributed by atoms with Crippen LogP contribution in [0, 0.1) is 5.82 Å². The SMILES string of the molecule is CCN(CC)C(=O)c1ccc(CNC(=O)N2CCN(S(=O)(=O)c3ccccc3F)CC2)cc1. The minimum Gasteiger partial charge on any atom is -0.339 e. The number of nitrogens with one attached hydrogen (secondary N) is 1. The molecular weight excluding hydrogens is 447 g/mol. The van der Waals surface area contributed by atoms with Crippen molar-refractivity contribution < 1.29 is 22.4 Å². The van der Waals surface area contributed by atoms with Crippen LogP contribution in [-0.4, -0.2) is 73.7 Å². The molecule has 3 rings (SSSR count). The summed E-state index contributed by atoms with van der Waals surface area (Å²) in [6.45, 7) is 6.02. The summed E-state index contributed by atoms with van der Waals surface area (Å²) in [5, 5.41) is 2.82. The highest BCUT2D eigenvalue weighted by molar-refractivity contribution is 7.89. The first-order valence-electron chi connectivity index (χ1n) is 10.9. The van der Waals surface area contributed by atoms with Gasteiger partial charge in [0, 0.05) is 51.4 Å². The molecule has 0 aliphatic carbocycles. The van der Waals surface area contributed by atoms with Crippen LogP contribution in [0.1, 0.15) is 29.8 Å². The fourth-order valence-corrected chi connectivity index (χ4v) is 5.16. The van der Waals surface area contributed by atoms with Crippen molar-refractivity contribution in [1.82, 2.24) is 19.4 Å².